The molecule has 4 N–H and O–H groups in total. The molecule has 2 aromatic rings. The lowest BCUT2D eigenvalue weighted by Crippen LogP contribution is -2.43. The van der Waals surface area contributed by atoms with Crippen LogP contribution < -0.4 is 16.1 Å². The largest absolute Gasteiger partial charge is 0.337 e. The summed E-state index contributed by atoms with van der Waals surface area (Å²) in [4.78, 5) is 25.2. The van der Waals surface area contributed by atoms with Crippen molar-refractivity contribution in [3.05, 3.63) is 41.3 Å². The molecule has 1 aromatic heterocycles. The van der Waals surface area contributed by atoms with Crippen LogP contribution in [0.1, 0.15) is 30.6 Å². The highest BCUT2D eigenvalue weighted by Gasteiger charge is 2.49. The molecule has 0 bridgehead atoms. The maximum atomic E-state index is 13.0. The van der Waals surface area contributed by atoms with Gasteiger partial charge in [0.05, 0.1) is 12.2 Å². The lowest BCUT2D eigenvalue weighted by molar-refractivity contribution is -0.130. The van der Waals surface area contributed by atoms with Crippen LogP contribution in [-0.4, -0.2) is 43.7 Å². The zero-order valence-electron chi connectivity index (χ0n) is 16.7. The third kappa shape index (κ3) is 5.20. The molecule has 1 aromatic carbocycles. The van der Waals surface area contributed by atoms with Crippen molar-refractivity contribution in [2.75, 3.05) is 23.5 Å². The number of thiophene rings is 1. The van der Waals surface area contributed by atoms with Gasteiger partial charge in [0.2, 0.25) is 5.91 Å². The lowest BCUT2D eigenvalue weighted by Gasteiger charge is -2.35. The van der Waals surface area contributed by atoms with Crippen LogP contribution in [0, 0.1) is 0 Å². The van der Waals surface area contributed by atoms with Crippen LogP contribution in [-0.2, 0) is 19.4 Å². The average molecular weight is 486 g/mol. The molecular weight excluding hydrogens is 462 g/mol. The molecule has 1 aliphatic heterocycles. The summed E-state index contributed by atoms with van der Waals surface area (Å²) in [5.74, 6) is -0.408. The zero-order valence-corrected chi connectivity index (χ0v) is 19.1. The Kier molecular flexibility index (Phi) is 7.58. The standard InChI is InChI=1S/C20H24ClN3O5S2/c21-9-10-22-19(26)23-15-5-3-4-14(12-15)16-6-7-17(30-16)20(13-18(25)24-27)8-1-2-11-31(20,28)29/h3-7,12,27H,1-2,8-11,13H2,(H,24,25)(H2,22,23,26)/t20-/m0/s1. The van der Waals surface area contributed by atoms with Gasteiger partial charge in [0.1, 0.15) is 4.75 Å². The quantitative estimate of drug-likeness (QED) is 0.271. The molecule has 168 valence electrons. The Labute approximate surface area is 189 Å². The topological polar surface area (TPSA) is 125 Å². The number of anilines is 1. The predicted octanol–water partition coefficient (Wildman–Crippen LogP) is 3.46. The third-order valence-electron chi connectivity index (χ3n) is 5.25. The van der Waals surface area contributed by atoms with Gasteiger partial charge in [0, 0.05) is 27.9 Å². The van der Waals surface area contributed by atoms with E-state index in [1.807, 2.05) is 12.1 Å². The summed E-state index contributed by atoms with van der Waals surface area (Å²) in [5, 5.41) is 14.3. The molecular formula is C20H24ClN3O5S2. The summed E-state index contributed by atoms with van der Waals surface area (Å²) in [7, 11) is -3.58. The minimum absolute atomic E-state index is 0.00968. The number of amides is 3. The number of nitrogens with one attached hydrogen (secondary N) is 3. The van der Waals surface area contributed by atoms with Gasteiger partial charge in [-0.15, -0.1) is 22.9 Å². The van der Waals surface area contributed by atoms with Crippen LogP contribution in [0.4, 0.5) is 10.5 Å². The summed E-state index contributed by atoms with van der Waals surface area (Å²) in [6, 6.07) is 10.4. The number of hydrogen-bond acceptors (Lipinski definition) is 6. The first-order valence-electron chi connectivity index (χ1n) is 9.78. The average Bonchev–Trinajstić information content (AvgIpc) is 3.24. The highest BCUT2D eigenvalue weighted by molar-refractivity contribution is 7.92. The van der Waals surface area contributed by atoms with Gasteiger partial charge >= 0.3 is 6.03 Å². The Morgan fingerprint density at radius 2 is 2.00 bits per heavy atom. The Bertz CT molecular complexity index is 1060. The van der Waals surface area contributed by atoms with E-state index in [9.17, 15) is 18.0 Å². The number of hydroxylamine groups is 1. The van der Waals surface area contributed by atoms with E-state index in [2.05, 4.69) is 10.6 Å². The number of hydrogen-bond donors (Lipinski definition) is 4. The summed E-state index contributed by atoms with van der Waals surface area (Å²) < 4.78 is 24.7. The van der Waals surface area contributed by atoms with Crippen molar-refractivity contribution in [3.63, 3.8) is 0 Å². The number of urea groups is 1. The van der Waals surface area contributed by atoms with E-state index < -0.39 is 20.5 Å². The van der Waals surface area contributed by atoms with E-state index in [0.29, 0.717) is 42.3 Å². The first-order chi connectivity index (χ1) is 14.8. The van der Waals surface area contributed by atoms with Gasteiger partial charge < -0.3 is 10.6 Å². The highest BCUT2D eigenvalue weighted by Crippen LogP contribution is 2.47. The second-order valence-electron chi connectivity index (χ2n) is 7.30. The highest BCUT2D eigenvalue weighted by atomic mass is 35.5. The van der Waals surface area contributed by atoms with Crippen molar-refractivity contribution in [3.8, 4) is 10.4 Å². The lowest BCUT2D eigenvalue weighted by atomic mass is 9.94. The molecule has 0 saturated carbocycles. The van der Waals surface area contributed by atoms with Gasteiger partial charge in [-0.25, -0.2) is 18.7 Å². The Hall–Kier alpha value is -2.14. The number of halogens is 1. The first kappa shape index (κ1) is 23.5. The summed E-state index contributed by atoms with van der Waals surface area (Å²) in [6.07, 6.45) is 1.24. The second kappa shape index (κ2) is 9.99. The molecule has 0 radical (unpaired) electrons. The van der Waals surface area contributed by atoms with Crippen LogP contribution in [0.15, 0.2) is 36.4 Å². The van der Waals surface area contributed by atoms with Gasteiger partial charge in [-0.1, -0.05) is 18.6 Å². The van der Waals surface area contributed by atoms with E-state index in [0.717, 1.165) is 10.4 Å². The van der Waals surface area contributed by atoms with E-state index in [4.69, 9.17) is 16.8 Å². The second-order valence-corrected chi connectivity index (χ2v) is 11.2. The van der Waals surface area contributed by atoms with Crippen molar-refractivity contribution in [2.45, 2.75) is 30.4 Å². The Balaban J connectivity index is 1.91. The maximum Gasteiger partial charge on any atom is 0.319 e. The number of benzene rings is 1. The molecule has 1 aliphatic rings. The molecule has 1 fully saturated rings. The molecule has 0 aliphatic carbocycles. The van der Waals surface area contributed by atoms with E-state index >= 15 is 0 Å². The van der Waals surface area contributed by atoms with Crippen molar-refractivity contribution in [1.29, 1.82) is 0 Å². The minimum atomic E-state index is -3.58. The molecule has 2 heterocycles. The fourth-order valence-electron chi connectivity index (χ4n) is 3.74. The number of carbonyl (C=O) groups is 2. The minimum Gasteiger partial charge on any atom is -0.337 e. The summed E-state index contributed by atoms with van der Waals surface area (Å²) >= 11 is 6.87. The molecule has 1 atom stereocenters. The molecule has 1 saturated heterocycles. The molecule has 3 rings (SSSR count). The molecule has 8 nitrogen and oxygen atoms in total. The van der Waals surface area contributed by atoms with E-state index in [-0.39, 0.29) is 18.2 Å². The Morgan fingerprint density at radius 1 is 1.19 bits per heavy atom. The van der Waals surface area contributed by atoms with E-state index in [1.54, 1.807) is 29.7 Å². The fraction of sp³-hybridized carbons (Fsp3) is 0.400. The number of rotatable bonds is 7. The molecule has 11 heteroatoms. The third-order valence-corrected chi connectivity index (χ3v) is 9.49. The van der Waals surface area contributed by atoms with Gasteiger partial charge in [-0.05, 0) is 42.7 Å². The van der Waals surface area contributed by atoms with Crippen LogP contribution in [0.3, 0.4) is 0 Å². The smallest absolute Gasteiger partial charge is 0.319 e. The number of sulfone groups is 1. The zero-order chi connectivity index (χ0) is 22.5. The van der Waals surface area contributed by atoms with Crippen LogP contribution in [0.5, 0.6) is 0 Å². The fourth-order valence-corrected chi connectivity index (χ4v) is 7.61. The number of alkyl halides is 1. The maximum absolute atomic E-state index is 13.0. The first-order valence-corrected chi connectivity index (χ1v) is 12.8. The monoisotopic (exact) mass is 485 g/mol. The SMILES string of the molecule is O=C(C[C@]1(c2ccc(-c3cccc(NC(=O)NCCCl)c3)s2)CCCCS1(=O)=O)NO. The van der Waals surface area contributed by atoms with Crippen molar-refractivity contribution in [2.24, 2.45) is 0 Å². The summed E-state index contributed by atoms with van der Waals surface area (Å²) in [5.41, 5.74) is 2.96. The van der Waals surface area contributed by atoms with E-state index in [1.165, 1.54) is 11.3 Å². The molecule has 0 spiro atoms. The van der Waals surface area contributed by atoms with Crippen molar-refractivity contribution in [1.82, 2.24) is 10.8 Å². The van der Waals surface area contributed by atoms with Crippen LogP contribution in [0.25, 0.3) is 10.4 Å². The predicted molar refractivity (Wildman–Crippen MR) is 121 cm³/mol. The number of carbonyl (C=O) groups excluding carboxylic acids is 2. The van der Waals surface area contributed by atoms with Gasteiger partial charge in [-0.2, -0.15) is 0 Å². The van der Waals surface area contributed by atoms with Crippen LogP contribution >= 0.6 is 22.9 Å². The molecule has 31 heavy (non-hydrogen) atoms. The Morgan fingerprint density at radius 3 is 2.71 bits per heavy atom. The van der Waals surface area contributed by atoms with Gasteiger partial charge in [0.15, 0.2) is 9.84 Å². The van der Waals surface area contributed by atoms with Crippen LogP contribution in [0.2, 0.25) is 0 Å². The van der Waals surface area contributed by atoms with Gasteiger partial charge in [-0.3, -0.25) is 10.0 Å². The molecule has 3 amide bonds. The van der Waals surface area contributed by atoms with Gasteiger partial charge in [0.25, 0.3) is 0 Å². The van der Waals surface area contributed by atoms with Crippen molar-refractivity contribution >= 4 is 50.4 Å². The molecule has 0 unspecified atom stereocenters. The van der Waals surface area contributed by atoms with Crippen molar-refractivity contribution < 1.29 is 23.2 Å². The normalized spacial score (nSPS) is 20.1. The summed E-state index contributed by atoms with van der Waals surface area (Å²) in [6.45, 7) is 0.347.